The van der Waals surface area contributed by atoms with Crippen LogP contribution in [0.2, 0.25) is 0 Å². The van der Waals surface area contributed by atoms with Gasteiger partial charge in [-0.3, -0.25) is 0 Å². The standard InChI is InChI=1S/C31H24O2/c32-31(33)29-20-14-26(15-21-29)11-12-27-17-19-28(18-13-24-7-3-1-4-8-24)30(23-27)22-16-25-9-5-2-6-10-25/h1-23H,(H,32,33)/b12-11+,18-13+,22-16+. The van der Waals surface area contributed by atoms with Gasteiger partial charge in [-0.1, -0.05) is 121 Å². The van der Waals surface area contributed by atoms with E-state index in [2.05, 4.69) is 66.8 Å². The van der Waals surface area contributed by atoms with Crippen molar-refractivity contribution in [3.05, 3.63) is 142 Å². The summed E-state index contributed by atoms with van der Waals surface area (Å²) in [6.45, 7) is 0. The van der Waals surface area contributed by atoms with E-state index in [4.69, 9.17) is 5.11 Å². The molecule has 0 radical (unpaired) electrons. The fourth-order valence-electron chi connectivity index (χ4n) is 3.42. The molecule has 0 aromatic heterocycles. The summed E-state index contributed by atoms with van der Waals surface area (Å²) in [5.41, 5.74) is 6.87. The summed E-state index contributed by atoms with van der Waals surface area (Å²) in [6.07, 6.45) is 12.5. The summed E-state index contributed by atoms with van der Waals surface area (Å²) in [6, 6.07) is 33.7. The Morgan fingerprint density at radius 2 is 0.939 bits per heavy atom. The normalized spacial score (nSPS) is 11.5. The van der Waals surface area contributed by atoms with E-state index in [1.165, 1.54) is 0 Å². The third kappa shape index (κ3) is 6.28. The third-order valence-electron chi connectivity index (χ3n) is 5.25. The SMILES string of the molecule is O=C(O)c1ccc(/C=C/c2ccc(/C=C/c3ccccc3)c(/C=C/c3ccccc3)c2)cc1. The molecule has 0 aliphatic heterocycles. The van der Waals surface area contributed by atoms with Crippen LogP contribution in [0.1, 0.15) is 43.7 Å². The van der Waals surface area contributed by atoms with Gasteiger partial charge < -0.3 is 5.11 Å². The summed E-state index contributed by atoms with van der Waals surface area (Å²) >= 11 is 0. The molecule has 33 heavy (non-hydrogen) atoms. The minimum Gasteiger partial charge on any atom is -0.478 e. The number of hydrogen-bond acceptors (Lipinski definition) is 1. The van der Waals surface area contributed by atoms with Crippen molar-refractivity contribution in [1.29, 1.82) is 0 Å². The smallest absolute Gasteiger partial charge is 0.335 e. The van der Waals surface area contributed by atoms with Crippen LogP contribution >= 0.6 is 0 Å². The molecule has 0 unspecified atom stereocenters. The minimum atomic E-state index is -0.917. The van der Waals surface area contributed by atoms with E-state index >= 15 is 0 Å². The minimum absolute atomic E-state index is 0.287. The quantitative estimate of drug-likeness (QED) is 0.304. The molecule has 0 bridgehead atoms. The third-order valence-corrected chi connectivity index (χ3v) is 5.25. The molecule has 0 aliphatic carbocycles. The van der Waals surface area contributed by atoms with E-state index < -0.39 is 5.97 Å². The molecule has 0 spiro atoms. The number of hydrogen-bond donors (Lipinski definition) is 1. The molecule has 0 atom stereocenters. The van der Waals surface area contributed by atoms with Crippen molar-refractivity contribution in [2.75, 3.05) is 0 Å². The van der Waals surface area contributed by atoms with Gasteiger partial charge in [0.15, 0.2) is 0 Å². The first-order chi connectivity index (χ1) is 16.2. The highest BCUT2D eigenvalue weighted by molar-refractivity contribution is 5.88. The van der Waals surface area contributed by atoms with Gasteiger partial charge in [-0.05, 0) is 51.6 Å². The van der Waals surface area contributed by atoms with E-state index in [0.29, 0.717) is 0 Å². The Hall–Kier alpha value is -4.43. The van der Waals surface area contributed by atoms with Gasteiger partial charge in [-0.25, -0.2) is 4.79 Å². The van der Waals surface area contributed by atoms with Crippen LogP contribution in [0.25, 0.3) is 36.5 Å². The van der Waals surface area contributed by atoms with Crippen molar-refractivity contribution in [2.45, 2.75) is 0 Å². The van der Waals surface area contributed by atoms with Crippen molar-refractivity contribution in [3.8, 4) is 0 Å². The Labute approximate surface area is 194 Å². The van der Waals surface area contributed by atoms with Gasteiger partial charge in [0.2, 0.25) is 0 Å². The van der Waals surface area contributed by atoms with E-state index in [9.17, 15) is 4.79 Å². The first kappa shape index (κ1) is 21.8. The monoisotopic (exact) mass is 428 g/mol. The second-order valence-corrected chi connectivity index (χ2v) is 7.64. The van der Waals surface area contributed by atoms with Crippen molar-refractivity contribution in [2.24, 2.45) is 0 Å². The lowest BCUT2D eigenvalue weighted by atomic mass is 10.0. The zero-order valence-electron chi connectivity index (χ0n) is 18.1. The topological polar surface area (TPSA) is 37.3 Å². The lowest BCUT2D eigenvalue weighted by molar-refractivity contribution is 0.0697. The molecule has 0 aliphatic rings. The van der Waals surface area contributed by atoms with Crippen LogP contribution < -0.4 is 0 Å². The molecule has 0 heterocycles. The number of benzene rings is 4. The maximum absolute atomic E-state index is 11.0. The zero-order chi connectivity index (χ0) is 22.9. The van der Waals surface area contributed by atoms with Gasteiger partial charge in [0, 0.05) is 0 Å². The molecule has 4 rings (SSSR count). The first-order valence-electron chi connectivity index (χ1n) is 10.8. The predicted octanol–water partition coefficient (Wildman–Crippen LogP) is 7.90. The number of carboxylic acid groups (broad SMARTS) is 1. The molecule has 2 nitrogen and oxygen atoms in total. The Bertz CT molecular complexity index is 1300. The van der Waals surface area contributed by atoms with Crippen LogP contribution in [0.4, 0.5) is 0 Å². The van der Waals surface area contributed by atoms with Crippen molar-refractivity contribution in [1.82, 2.24) is 0 Å². The average Bonchev–Trinajstić information content (AvgIpc) is 2.87. The fraction of sp³-hybridized carbons (Fsp3) is 0. The maximum atomic E-state index is 11.0. The summed E-state index contributed by atoms with van der Waals surface area (Å²) < 4.78 is 0. The Balaban J connectivity index is 1.62. The molecule has 0 amide bonds. The second kappa shape index (κ2) is 10.7. The van der Waals surface area contributed by atoms with Gasteiger partial charge in [0.1, 0.15) is 0 Å². The molecule has 4 aromatic carbocycles. The maximum Gasteiger partial charge on any atom is 0.335 e. The van der Waals surface area contributed by atoms with E-state index in [0.717, 1.165) is 33.4 Å². The second-order valence-electron chi connectivity index (χ2n) is 7.64. The van der Waals surface area contributed by atoms with Crippen LogP contribution in [0.15, 0.2) is 103 Å². The lowest BCUT2D eigenvalue weighted by Crippen LogP contribution is -1.94. The van der Waals surface area contributed by atoms with Crippen molar-refractivity contribution >= 4 is 42.4 Å². The Kier molecular flexibility index (Phi) is 7.09. The van der Waals surface area contributed by atoms with Gasteiger partial charge in [0.25, 0.3) is 0 Å². The number of carboxylic acids is 1. The van der Waals surface area contributed by atoms with E-state index in [1.807, 2.05) is 60.7 Å². The lowest BCUT2D eigenvalue weighted by Gasteiger charge is -2.05. The molecule has 1 N–H and O–H groups in total. The van der Waals surface area contributed by atoms with Gasteiger partial charge in [-0.15, -0.1) is 0 Å². The van der Waals surface area contributed by atoms with Gasteiger partial charge >= 0.3 is 5.97 Å². The molecule has 0 saturated carbocycles. The van der Waals surface area contributed by atoms with Crippen LogP contribution in [0, 0.1) is 0 Å². The number of carbonyl (C=O) groups is 1. The highest BCUT2D eigenvalue weighted by Gasteiger charge is 2.01. The molecule has 2 heteroatoms. The van der Waals surface area contributed by atoms with Crippen LogP contribution in [0.5, 0.6) is 0 Å². The average molecular weight is 429 g/mol. The molecular formula is C31H24O2. The predicted molar refractivity (Wildman–Crippen MR) is 140 cm³/mol. The van der Waals surface area contributed by atoms with E-state index in [-0.39, 0.29) is 5.56 Å². The van der Waals surface area contributed by atoms with Crippen molar-refractivity contribution in [3.63, 3.8) is 0 Å². The molecule has 160 valence electrons. The van der Waals surface area contributed by atoms with Gasteiger partial charge in [0.05, 0.1) is 5.56 Å². The fourth-order valence-corrected chi connectivity index (χ4v) is 3.42. The summed E-state index contributed by atoms with van der Waals surface area (Å²) in [5, 5.41) is 9.06. The Morgan fingerprint density at radius 1 is 0.485 bits per heavy atom. The first-order valence-corrected chi connectivity index (χ1v) is 10.8. The largest absolute Gasteiger partial charge is 0.478 e. The highest BCUT2D eigenvalue weighted by atomic mass is 16.4. The summed E-state index contributed by atoms with van der Waals surface area (Å²) in [5.74, 6) is -0.917. The number of rotatable bonds is 7. The zero-order valence-corrected chi connectivity index (χ0v) is 18.1. The molecule has 0 fully saturated rings. The molecular weight excluding hydrogens is 404 g/mol. The highest BCUT2D eigenvalue weighted by Crippen LogP contribution is 2.20. The van der Waals surface area contributed by atoms with Crippen molar-refractivity contribution < 1.29 is 9.90 Å². The van der Waals surface area contributed by atoms with Crippen LogP contribution in [-0.2, 0) is 0 Å². The molecule has 4 aromatic rings. The summed E-state index contributed by atoms with van der Waals surface area (Å²) in [7, 11) is 0. The van der Waals surface area contributed by atoms with Crippen LogP contribution in [-0.4, -0.2) is 11.1 Å². The van der Waals surface area contributed by atoms with Gasteiger partial charge in [-0.2, -0.15) is 0 Å². The Morgan fingerprint density at radius 3 is 1.52 bits per heavy atom. The summed E-state index contributed by atoms with van der Waals surface area (Å²) in [4.78, 5) is 11.0. The van der Waals surface area contributed by atoms with Crippen LogP contribution in [0.3, 0.4) is 0 Å². The molecule has 0 saturated heterocycles. The number of aromatic carboxylic acids is 1. The van der Waals surface area contributed by atoms with E-state index in [1.54, 1.807) is 12.1 Å².